The number of rotatable bonds is 5. The van der Waals surface area contributed by atoms with Gasteiger partial charge in [-0.2, -0.15) is 0 Å². The maximum Gasteiger partial charge on any atom is 0.339 e. The molecule has 0 bridgehead atoms. The van der Waals surface area contributed by atoms with E-state index in [4.69, 9.17) is 14.3 Å². The van der Waals surface area contributed by atoms with Crippen molar-refractivity contribution in [3.8, 4) is 5.75 Å². The van der Waals surface area contributed by atoms with Gasteiger partial charge in [0.15, 0.2) is 5.76 Å². The Morgan fingerprint density at radius 3 is 2.53 bits per heavy atom. The molecule has 0 saturated heterocycles. The third kappa shape index (κ3) is 3.16. The van der Waals surface area contributed by atoms with Crippen LogP contribution >= 0.6 is 0 Å². The molecule has 0 aliphatic rings. The third-order valence-corrected chi connectivity index (χ3v) is 2.89. The number of carbonyl (C=O) groups is 1. The SMILES string of the molecule is CC(C)c1ccc(OCc2occc2C(=O)O)cc1. The average molecular weight is 260 g/mol. The van der Waals surface area contributed by atoms with Gasteiger partial charge in [-0.15, -0.1) is 0 Å². The Labute approximate surface area is 111 Å². The molecule has 2 aromatic rings. The Morgan fingerprint density at radius 1 is 1.26 bits per heavy atom. The Bertz CT molecular complexity index is 552. The topological polar surface area (TPSA) is 59.7 Å². The largest absolute Gasteiger partial charge is 0.486 e. The van der Waals surface area contributed by atoms with Crippen LogP contribution in [0.15, 0.2) is 41.0 Å². The number of carboxylic acid groups (broad SMARTS) is 1. The van der Waals surface area contributed by atoms with Gasteiger partial charge in [-0.3, -0.25) is 0 Å². The first-order valence-electron chi connectivity index (χ1n) is 6.10. The first-order chi connectivity index (χ1) is 9.08. The highest BCUT2D eigenvalue weighted by atomic mass is 16.5. The van der Waals surface area contributed by atoms with Crippen LogP contribution < -0.4 is 4.74 Å². The molecule has 0 spiro atoms. The van der Waals surface area contributed by atoms with Gasteiger partial charge in [0.1, 0.15) is 17.9 Å². The van der Waals surface area contributed by atoms with E-state index in [0.717, 1.165) is 0 Å². The summed E-state index contributed by atoms with van der Waals surface area (Å²) in [5.74, 6) is 0.470. The molecule has 4 nitrogen and oxygen atoms in total. The molecule has 100 valence electrons. The van der Waals surface area contributed by atoms with Crippen molar-refractivity contribution in [2.24, 2.45) is 0 Å². The summed E-state index contributed by atoms with van der Waals surface area (Å²) in [6, 6.07) is 9.17. The second-order valence-corrected chi connectivity index (χ2v) is 4.58. The maximum atomic E-state index is 10.9. The van der Waals surface area contributed by atoms with E-state index in [-0.39, 0.29) is 12.2 Å². The molecule has 0 radical (unpaired) electrons. The molecule has 1 N–H and O–H groups in total. The Balaban J connectivity index is 2.02. The fraction of sp³-hybridized carbons (Fsp3) is 0.267. The van der Waals surface area contributed by atoms with Crippen molar-refractivity contribution >= 4 is 5.97 Å². The van der Waals surface area contributed by atoms with E-state index in [2.05, 4.69) is 13.8 Å². The van der Waals surface area contributed by atoms with Gasteiger partial charge in [-0.25, -0.2) is 4.79 Å². The second kappa shape index (κ2) is 5.61. The molecule has 0 aliphatic heterocycles. The third-order valence-electron chi connectivity index (χ3n) is 2.89. The van der Waals surface area contributed by atoms with Crippen molar-refractivity contribution in [2.45, 2.75) is 26.4 Å². The highest BCUT2D eigenvalue weighted by Gasteiger charge is 2.13. The summed E-state index contributed by atoms with van der Waals surface area (Å²) >= 11 is 0. The number of hydrogen-bond acceptors (Lipinski definition) is 3. The summed E-state index contributed by atoms with van der Waals surface area (Å²) in [6.07, 6.45) is 1.35. The molecule has 2 rings (SSSR count). The summed E-state index contributed by atoms with van der Waals surface area (Å²) in [5.41, 5.74) is 1.37. The van der Waals surface area contributed by atoms with E-state index in [9.17, 15) is 4.79 Å². The van der Waals surface area contributed by atoms with E-state index in [0.29, 0.717) is 17.4 Å². The zero-order valence-electron chi connectivity index (χ0n) is 10.9. The maximum absolute atomic E-state index is 10.9. The Hall–Kier alpha value is -2.23. The lowest BCUT2D eigenvalue weighted by Gasteiger charge is -2.08. The van der Waals surface area contributed by atoms with Crippen LogP contribution in [-0.2, 0) is 6.61 Å². The summed E-state index contributed by atoms with van der Waals surface area (Å²) in [7, 11) is 0. The first-order valence-corrected chi connectivity index (χ1v) is 6.10. The molecule has 0 aliphatic carbocycles. The molecule has 1 aromatic heterocycles. The van der Waals surface area contributed by atoms with Gasteiger partial charge < -0.3 is 14.3 Å². The van der Waals surface area contributed by atoms with Crippen LogP contribution in [0.2, 0.25) is 0 Å². The fourth-order valence-corrected chi connectivity index (χ4v) is 1.74. The number of hydrogen-bond donors (Lipinski definition) is 1. The lowest BCUT2D eigenvalue weighted by molar-refractivity contribution is 0.0692. The number of furan rings is 1. The van der Waals surface area contributed by atoms with Gasteiger partial charge in [0.05, 0.1) is 6.26 Å². The van der Waals surface area contributed by atoms with Gasteiger partial charge in [0, 0.05) is 0 Å². The Morgan fingerprint density at radius 2 is 1.95 bits per heavy atom. The molecule has 0 saturated carbocycles. The molecule has 0 unspecified atom stereocenters. The predicted molar refractivity (Wildman–Crippen MR) is 70.5 cm³/mol. The van der Waals surface area contributed by atoms with Gasteiger partial charge in [0.25, 0.3) is 0 Å². The van der Waals surface area contributed by atoms with Crippen LogP contribution in [0, 0.1) is 0 Å². The van der Waals surface area contributed by atoms with Crippen molar-refractivity contribution in [3.63, 3.8) is 0 Å². The molecule has 0 amide bonds. The lowest BCUT2D eigenvalue weighted by atomic mass is 10.0. The van der Waals surface area contributed by atoms with Crippen LogP contribution in [0.25, 0.3) is 0 Å². The van der Waals surface area contributed by atoms with Crippen molar-refractivity contribution in [2.75, 3.05) is 0 Å². The van der Waals surface area contributed by atoms with E-state index >= 15 is 0 Å². The standard InChI is InChI=1S/C15H16O4/c1-10(2)11-3-5-12(6-4-11)19-9-14-13(15(16)17)7-8-18-14/h3-8,10H,9H2,1-2H3,(H,16,17). The first kappa shape index (κ1) is 13.2. The minimum atomic E-state index is -1.01. The molecule has 19 heavy (non-hydrogen) atoms. The van der Waals surface area contributed by atoms with E-state index < -0.39 is 5.97 Å². The smallest absolute Gasteiger partial charge is 0.339 e. The predicted octanol–water partition coefficient (Wildman–Crippen LogP) is 3.68. The summed E-state index contributed by atoms with van der Waals surface area (Å²) in [4.78, 5) is 10.9. The number of carboxylic acids is 1. The zero-order valence-corrected chi connectivity index (χ0v) is 10.9. The molecule has 1 heterocycles. The monoisotopic (exact) mass is 260 g/mol. The highest BCUT2D eigenvalue weighted by Crippen LogP contribution is 2.20. The number of ether oxygens (including phenoxy) is 1. The minimum Gasteiger partial charge on any atom is -0.486 e. The van der Waals surface area contributed by atoms with Crippen LogP contribution in [0.4, 0.5) is 0 Å². The fourth-order valence-electron chi connectivity index (χ4n) is 1.74. The molecule has 0 fully saturated rings. The van der Waals surface area contributed by atoms with Crippen molar-refractivity contribution in [1.82, 2.24) is 0 Å². The molecule has 1 aromatic carbocycles. The van der Waals surface area contributed by atoms with Crippen molar-refractivity contribution in [3.05, 3.63) is 53.5 Å². The van der Waals surface area contributed by atoms with Gasteiger partial charge in [-0.1, -0.05) is 26.0 Å². The number of aromatic carboxylic acids is 1. The molecule has 0 atom stereocenters. The Kier molecular flexibility index (Phi) is 3.90. The van der Waals surface area contributed by atoms with Crippen molar-refractivity contribution in [1.29, 1.82) is 0 Å². The van der Waals surface area contributed by atoms with E-state index in [1.807, 2.05) is 24.3 Å². The van der Waals surface area contributed by atoms with E-state index in [1.165, 1.54) is 17.9 Å². The van der Waals surface area contributed by atoms with Gasteiger partial charge in [-0.05, 0) is 29.7 Å². The number of benzene rings is 1. The van der Waals surface area contributed by atoms with Gasteiger partial charge >= 0.3 is 5.97 Å². The van der Waals surface area contributed by atoms with Gasteiger partial charge in [0.2, 0.25) is 0 Å². The van der Waals surface area contributed by atoms with Crippen LogP contribution in [0.1, 0.15) is 41.4 Å². The molecule has 4 heteroatoms. The quantitative estimate of drug-likeness (QED) is 0.890. The zero-order chi connectivity index (χ0) is 13.8. The summed E-state index contributed by atoms with van der Waals surface area (Å²) in [6.45, 7) is 4.35. The van der Waals surface area contributed by atoms with Crippen molar-refractivity contribution < 1.29 is 19.1 Å². The summed E-state index contributed by atoms with van der Waals surface area (Å²) in [5, 5.41) is 8.93. The van der Waals surface area contributed by atoms with Crippen LogP contribution in [-0.4, -0.2) is 11.1 Å². The highest BCUT2D eigenvalue weighted by molar-refractivity contribution is 5.88. The molecular weight excluding hydrogens is 244 g/mol. The minimum absolute atomic E-state index is 0.107. The van der Waals surface area contributed by atoms with Crippen LogP contribution in [0.3, 0.4) is 0 Å². The van der Waals surface area contributed by atoms with E-state index in [1.54, 1.807) is 0 Å². The normalized spacial score (nSPS) is 10.7. The second-order valence-electron chi connectivity index (χ2n) is 4.58. The summed E-state index contributed by atoms with van der Waals surface area (Å²) < 4.78 is 10.6. The average Bonchev–Trinajstić information content (AvgIpc) is 2.85. The van der Waals surface area contributed by atoms with Crippen LogP contribution in [0.5, 0.6) is 5.75 Å². The molecular formula is C15H16O4. The lowest BCUT2D eigenvalue weighted by Crippen LogP contribution is -2.02.